The number of pyridine rings is 1. The van der Waals surface area contributed by atoms with Gasteiger partial charge in [0.2, 0.25) is 5.95 Å². The Balaban J connectivity index is 1.22. The number of halogens is 3. The minimum Gasteiger partial charge on any atom is -0.489 e. The Morgan fingerprint density at radius 1 is 1.17 bits per heavy atom. The summed E-state index contributed by atoms with van der Waals surface area (Å²) in [6.07, 6.45) is 0.0739. The van der Waals surface area contributed by atoms with Crippen molar-refractivity contribution in [1.29, 1.82) is 0 Å². The van der Waals surface area contributed by atoms with Crippen molar-refractivity contribution in [3.05, 3.63) is 36.3 Å². The maximum Gasteiger partial charge on any atom is 0.433 e. The number of nitrogens with zero attached hydrogens (tertiary/aromatic N) is 5. The molecule has 1 N–H and O–H groups in total. The molecule has 1 aliphatic heterocycles. The topological polar surface area (TPSA) is 68.1 Å². The van der Waals surface area contributed by atoms with Crippen LogP contribution in [0.3, 0.4) is 0 Å². The zero-order valence-electron chi connectivity index (χ0n) is 16.5. The first-order valence-electron chi connectivity index (χ1n) is 9.84. The third kappa shape index (κ3) is 3.29. The molecular formula is C20H21F3N6O. The molecule has 0 amide bonds. The first kappa shape index (κ1) is 19.0. The van der Waals surface area contributed by atoms with Gasteiger partial charge in [-0.15, -0.1) is 0 Å². The molecule has 1 atom stereocenters. The van der Waals surface area contributed by atoms with Crippen molar-refractivity contribution in [2.75, 3.05) is 23.8 Å². The molecule has 1 saturated carbocycles. The Labute approximate surface area is 170 Å². The van der Waals surface area contributed by atoms with Crippen molar-refractivity contribution >= 4 is 22.8 Å². The van der Waals surface area contributed by atoms with Crippen LogP contribution in [0.25, 0.3) is 11.0 Å². The zero-order valence-corrected chi connectivity index (χ0v) is 16.5. The summed E-state index contributed by atoms with van der Waals surface area (Å²) in [5, 5.41) is 3.35. The van der Waals surface area contributed by atoms with E-state index in [2.05, 4.69) is 37.9 Å². The molecule has 5 rings (SSSR count). The molecule has 158 valence electrons. The van der Waals surface area contributed by atoms with Crippen LogP contribution in [0, 0.1) is 0 Å². The van der Waals surface area contributed by atoms with Crippen LogP contribution in [0.5, 0.6) is 5.75 Å². The van der Waals surface area contributed by atoms with Gasteiger partial charge in [0.05, 0.1) is 11.7 Å². The fourth-order valence-corrected chi connectivity index (χ4v) is 4.09. The van der Waals surface area contributed by atoms with Crippen LogP contribution < -0.4 is 15.0 Å². The summed E-state index contributed by atoms with van der Waals surface area (Å²) in [6, 6.07) is 4.76. The van der Waals surface area contributed by atoms with Crippen molar-refractivity contribution in [1.82, 2.24) is 19.5 Å². The van der Waals surface area contributed by atoms with Crippen molar-refractivity contribution < 1.29 is 17.9 Å². The van der Waals surface area contributed by atoms with Crippen LogP contribution in [0.4, 0.5) is 24.9 Å². The minimum atomic E-state index is -4.45. The van der Waals surface area contributed by atoms with E-state index < -0.39 is 11.9 Å². The van der Waals surface area contributed by atoms with E-state index >= 15 is 0 Å². The highest BCUT2D eigenvalue weighted by Crippen LogP contribution is 2.34. The largest absolute Gasteiger partial charge is 0.489 e. The van der Waals surface area contributed by atoms with E-state index in [4.69, 9.17) is 9.72 Å². The fourth-order valence-electron chi connectivity index (χ4n) is 4.09. The molecule has 0 saturated heterocycles. The summed E-state index contributed by atoms with van der Waals surface area (Å²) >= 11 is 0. The second-order valence-corrected chi connectivity index (χ2v) is 7.99. The highest BCUT2D eigenvalue weighted by molar-refractivity contribution is 5.89. The molecule has 0 bridgehead atoms. The van der Waals surface area contributed by atoms with E-state index in [0.29, 0.717) is 30.6 Å². The summed E-state index contributed by atoms with van der Waals surface area (Å²) in [6.45, 7) is 3.06. The fraction of sp³-hybridized carbons (Fsp3) is 0.450. The lowest BCUT2D eigenvalue weighted by Gasteiger charge is -2.36. The lowest BCUT2D eigenvalue weighted by molar-refractivity contribution is -0.141. The Bertz CT molecular complexity index is 1070. The van der Waals surface area contributed by atoms with Gasteiger partial charge in [0.25, 0.3) is 0 Å². The highest BCUT2D eigenvalue weighted by atomic mass is 19.4. The summed E-state index contributed by atoms with van der Waals surface area (Å²) in [5.41, 5.74) is 1.03. The van der Waals surface area contributed by atoms with E-state index in [-0.39, 0.29) is 12.1 Å². The summed E-state index contributed by atoms with van der Waals surface area (Å²) < 4.78 is 45.7. The van der Waals surface area contributed by atoms with Gasteiger partial charge in [-0.2, -0.15) is 18.2 Å². The Kier molecular flexibility index (Phi) is 4.26. The normalized spacial score (nSPS) is 23.4. The Hall–Kier alpha value is -3.04. The van der Waals surface area contributed by atoms with Crippen LogP contribution in [-0.4, -0.2) is 45.3 Å². The van der Waals surface area contributed by atoms with Crippen molar-refractivity contribution in [2.24, 2.45) is 0 Å². The SMILES string of the molecule is C[C@H]1CN(C)c2nc(N[C@H]3C[C@H](Oc4ccc(C(F)(F)F)nc4)C3)nc3ccn1c23. The molecule has 3 aromatic rings. The van der Waals surface area contributed by atoms with Crippen LogP contribution in [0.2, 0.25) is 0 Å². The molecule has 1 fully saturated rings. The first-order chi connectivity index (χ1) is 14.3. The predicted octanol–water partition coefficient (Wildman–Crippen LogP) is 3.88. The number of aromatic nitrogens is 4. The molecule has 30 heavy (non-hydrogen) atoms. The van der Waals surface area contributed by atoms with Gasteiger partial charge in [-0.05, 0) is 25.1 Å². The molecule has 0 radical (unpaired) electrons. The number of alkyl halides is 3. The quantitative estimate of drug-likeness (QED) is 0.694. The number of ether oxygens (including phenoxy) is 1. The van der Waals surface area contributed by atoms with E-state index in [9.17, 15) is 13.2 Å². The Morgan fingerprint density at radius 2 is 1.97 bits per heavy atom. The number of anilines is 2. The van der Waals surface area contributed by atoms with E-state index in [0.717, 1.165) is 35.7 Å². The molecule has 4 heterocycles. The van der Waals surface area contributed by atoms with Crippen LogP contribution >= 0.6 is 0 Å². The molecule has 10 heteroatoms. The van der Waals surface area contributed by atoms with Crippen LogP contribution in [0.1, 0.15) is 31.5 Å². The average molecular weight is 418 g/mol. The van der Waals surface area contributed by atoms with Crippen molar-refractivity contribution in [2.45, 2.75) is 44.1 Å². The third-order valence-corrected chi connectivity index (χ3v) is 5.68. The predicted molar refractivity (Wildman–Crippen MR) is 106 cm³/mol. The van der Waals surface area contributed by atoms with E-state index in [1.807, 2.05) is 13.1 Å². The van der Waals surface area contributed by atoms with Crippen molar-refractivity contribution in [3.8, 4) is 5.75 Å². The standard InChI is InChI=1S/C20H21F3N6O/c1-11-10-28(2)18-17-15(5-6-29(11)17)26-19(27-18)25-12-7-14(8-12)30-13-3-4-16(24-9-13)20(21,22)23/h3-6,9,11-12,14H,7-8,10H2,1-2H3,(H,25,26,27)/t11-,12-,14-/m0/s1. The van der Waals surface area contributed by atoms with Gasteiger partial charge < -0.3 is 19.5 Å². The number of likely N-dealkylation sites (N-methyl/N-ethyl adjacent to an activating group) is 1. The average Bonchev–Trinajstić information content (AvgIpc) is 3.09. The Morgan fingerprint density at radius 3 is 2.67 bits per heavy atom. The molecule has 0 unspecified atom stereocenters. The molecule has 2 aliphatic rings. The monoisotopic (exact) mass is 418 g/mol. The number of rotatable bonds is 4. The lowest BCUT2D eigenvalue weighted by atomic mass is 9.89. The minimum absolute atomic E-state index is 0.0762. The van der Waals surface area contributed by atoms with Gasteiger partial charge in [0.1, 0.15) is 23.1 Å². The molecule has 1 aliphatic carbocycles. The van der Waals surface area contributed by atoms with E-state index in [1.54, 1.807) is 0 Å². The first-order valence-corrected chi connectivity index (χ1v) is 9.84. The van der Waals surface area contributed by atoms with Gasteiger partial charge in [-0.3, -0.25) is 0 Å². The van der Waals surface area contributed by atoms with E-state index in [1.165, 1.54) is 6.07 Å². The second kappa shape index (κ2) is 6.75. The summed E-state index contributed by atoms with van der Waals surface area (Å²) in [7, 11) is 2.03. The van der Waals surface area contributed by atoms with Crippen LogP contribution in [-0.2, 0) is 6.18 Å². The smallest absolute Gasteiger partial charge is 0.433 e. The highest BCUT2D eigenvalue weighted by Gasteiger charge is 2.34. The van der Waals surface area contributed by atoms with Gasteiger partial charge in [0.15, 0.2) is 5.82 Å². The maximum atomic E-state index is 12.6. The lowest BCUT2D eigenvalue weighted by Crippen LogP contribution is -2.43. The summed E-state index contributed by atoms with van der Waals surface area (Å²) in [4.78, 5) is 14.9. The van der Waals surface area contributed by atoms with Gasteiger partial charge >= 0.3 is 6.18 Å². The summed E-state index contributed by atoms with van der Waals surface area (Å²) in [5.74, 6) is 1.83. The second-order valence-electron chi connectivity index (χ2n) is 7.99. The molecule has 0 spiro atoms. The number of hydrogen-bond donors (Lipinski definition) is 1. The maximum absolute atomic E-state index is 12.6. The van der Waals surface area contributed by atoms with Crippen molar-refractivity contribution in [3.63, 3.8) is 0 Å². The van der Waals surface area contributed by atoms with Gasteiger partial charge in [-0.1, -0.05) is 0 Å². The van der Waals surface area contributed by atoms with Gasteiger partial charge in [-0.25, -0.2) is 9.97 Å². The molecular weight excluding hydrogens is 397 g/mol. The molecule has 7 nitrogen and oxygen atoms in total. The third-order valence-electron chi connectivity index (χ3n) is 5.68. The zero-order chi connectivity index (χ0) is 21.0. The number of nitrogens with one attached hydrogen (secondary N) is 1. The molecule has 3 aromatic heterocycles. The van der Waals surface area contributed by atoms with Crippen LogP contribution in [0.15, 0.2) is 30.6 Å². The number of hydrogen-bond acceptors (Lipinski definition) is 6. The molecule has 0 aromatic carbocycles. The van der Waals surface area contributed by atoms with Gasteiger partial charge in [0, 0.05) is 44.7 Å².